The van der Waals surface area contributed by atoms with E-state index in [4.69, 9.17) is 24.8 Å². The highest BCUT2D eigenvalue weighted by atomic mass is 16.5. The standard InChI is InChI=1S/2C12H16O2.C11H18O2.C11H16.C8H14O4.C8H16O3.C7H12O4.C7H14O3/c1-4-9(2)10-5-7-11(8-6-10)12(13)14-3;1-4-9(2)10-6-5-7-11(8-10)12(13)14-3;1-6-7(2)9-4-8(6)5-10(9)11(12)13-3;1-4-9(2)11-8-6-5-7-10(11)3;1-4-8(2,5-6(9)10)7(11)12-3;1-5-8(2,6-10-3)7(9)11-4;1-4(6(8)9)5(2)7(10)11-3;1-4-7(2,5-8)6(9)10-3/h2*5-9H,4H2,1-3H3;6-10H,4-5H2,1-3H3;5-9H,4H2,1-3H3;4-5H2,1-3H3,(H,9,10);5-6H2,1-4H3;4-5H,1-3H3,(H,8,9);8H,4-5H2,1-3H3. The molecule has 2 bridgehead atoms. The Morgan fingerprint density at radius 2 is 0.979 bits per heavy atom. The minimum absolute atomic E-state index is 0.0197. The van der Waals surface area contributed by atoms with Crippen molar-refractivity contribution in [3.8, 4) is 0 Å². The zero-order valence-electron chi connectivity index (χ0n) is 62.8. The number of carboxylic acid groups (broad SMARTS) is 2. The number of aliphatic hydroxyl groups excluding tert-OH is 1. The molecule has 0 spiro atoms. The molecule has 2 aliphatic rings. The average molecular weight is 1360 g/mol. The number of rotatable bonds is 23. The van der Waals surface area contributed by atoms with Gasteiger partial charge in [0.1, 0.15) is 0 Å². The van der Waals surface area contributed by atoms with E-state index in [2.05, 4.69) is 115 Å². The first-order valence-corrected chi connectivity index (χ1v) is 33.3. The van der Waals surface area contributed by atoms with Crippen molar-refractivity contribution in [1.82, 2.24) is 0 Å². The lowest BCUT2D eigenvalue weighted by Crippen LogP contribution is -2.32. The third-order valence-electron chi connectivity index (χ3n) is 19.2. The van der Waals surface area contributed by atoms with Crippen molar-refractivity contribution < 1.29 is 96.4 Å². The summed E-state index contributed by atoms with van der Waals surface area (Å²) in [5.74, 6) is -0.426. The van der Waals surface area contributed by atoms with Crippen molar-refractivity contribution in [2.45, 2.75) is 193 Å². The first kappa shape index (κ1) is 93.0. The van der Waals surface area contributed by atoms with Crippen LogP contribution in [-0.2, 0) is 71.5 Å². The van der Waals surface area contributed by atoms with Crippen LogP contribution in [0.5, 0.6) is 0 Å². The van der Waals surface area contributed by atoms with Gasteiger partial charge in [0.25, 0.3) is 0 Å². The summed E-state index contributed by atoms with van der Waals surface area (Å²) >= 11 is 0. The Bertz CT molecular complexity index is 2770. The Morgan fingerprint density at radius 3 is 1.35 bits per heavy atom. The number of carbonyl (C=O) groups excluding carboxylic acids is 7. The van der Waals surface area contributed by atoms with E-state index >= 15 is 0 Å². The van der Waals surface area contributed by atoms with Gasteiger partial charge in [-0.3, -0.25) is 33.6 Å². The van der Waals surface area contributed by atoms with E-state index in [0.717, 1.165) is 37.5 Å². The summed E-state index contributed by atoms with van der Waals surface area (Å²) < 4.78 is 37.1. The van der Waals surface area contributed by atoms with Crippen LogP contribution in [0.15, 0.2) is 72.8 Å². The predicted molar refractivity (Wildman–Crippen MR) is 373 cm³/mol. The zero-order valence-corrected chi connectivity index (χ0v) is 62.8. The van der Waals surface area contributed by atoms with Crippen molar-refractivity contribution in [3.05, 3.63) is 106 Å². The number of ether oxygens (including phenoxy) is 8. The number of carbonyl (C=O) groups is 9. The lowest BCUT2D eigenvalue weighted by molar-refractivity contribution is -0.157. The number of fused-ring (bicyclic) bond motifs is 2. The molecule has 2 aliphatic carbocycles. The molecule has 3 aromatic rings. The van der Waals surface area contributed by atoms with Crippen LogP contribution in [0.1, 0.15) is 229 Å². The van der Waals surface area contributed by atoms with Gasteiger partial charge in [0.15, 0.2) is 0 Å². The Kier molecular flexibility index (Phi) is 47.0. The maximum absolute atomic E-state index is 11.4. The first-order valence-electron chi connectivity index (χ1n) is 33.3. The minimum atomic E-state index is -0.983. The highest BCUT2D eigenvalue weighted by Gasteiger charge is 2.51. The van der Waals surface area contributed by atoms with Crippen LogP contribution < -0.4 is 0 Å². The second-order valence-corrected chi connectivity index (χ2v) is 25.6. The van der Waals surface area contributed by atoms with Crippen LogP contribution in [0.25, 0.3) is 0 Å². The molecule has 0 radical (unpaired) electrons. The molecule has 13 unspecified atom stereocenters. The lowest BCUT2D eigenvalue weighted by Gasteiger charge is -2.29. The Hall–Kier alpha value is -7.19. The van der Waals surface area contributed by atoms with Gasteiger partial charge in [-0.1, -0.05) is 139 Å². The molecule has 0 aliphatic heterocycles. The Labute approximate surface area is 574 Å². The largest absolute Gasteiger partial charge is 0.481 e. The molecule has 5 rings (SSSR count). The molecule has 0 aromatic heterocycles. The molecule has 20 heteroatoms. The summed E-state index contributed by atoms with van der Waals surface area (Å²) in [5, 5.41) is 25.8. The van der Waals surface area contributed by atoms with Gasteiger partial charge in [0.2, 0.25) is 0 Å². The molecule has 96 heavy (non-hydrogen) atoms. The number of hydrogen-bond acceptors (Lipinski definition) is 18. The zero-order chi connectivity index (χ0) is 74.9. The summed E-state index contributed by atoms with van der Waals surface area (Å²) in [7, 11) is 11.1. The number of carboxylic acids is 2. The Morgan fingerprint density at radius 1 is 0.510 bits per heavy atom. The van der Waals surface area contributed by atoms with E-state index in [0.29, 0.717) is 60.2 Å². The summed E-state index contributed by atoms with van der Waals surface area (Å²) in [6, 6.07) is 23.8. The fraction of sp³-hybridized carbons (Fsp3) is 0.645. The summed E-state index contributed by atoms with van der Waals surface area (Å²) in [6.45, 7) is 33.8. The average Bonchev–Trinajstić information content (AvgIpc) is 1.62. The molecular weight excluding hydrogens is 1230 g/mol. The van der Waals surface area contributed by atoms with Crippen molar-refractivity contribution in [3.63, 3.8) is 0 Å². The molecule has 3 aromatic carbocycles. The third kappa shape index (κ3) is 31.3. The second kappa shape index (κ2) is 48.5. The van der Waals surface area contributed by atoms with Crippen molar-refractivity contribution in [2.75, 3.05) is 70.1 Å². The number of esters is 7. The number of aryl methyl sites for hydroxylation is 1. The van der Waals surface area contributed by atoms with Gasteiger partial charge < -0.3 is 53.2 Å². The smallest absolute Gasteiger partial charge is 0.337 e. The summed E-state index contributed by atoms with van der Waals surface area (Å²) in [4.78, 5) is 98.5. The second-order valence-electron chi connectivity index (χ2n) is 25.6. The van der Waals surface area contributed by atoms with Crippen LogP contribution >= 0.6 is 0 Å². The maximum Gasteiger partial charge on any atom is 0.337 e. The lowest BCUT2D eigenvalue weighted by atomic mass is 9.76. The fourth-order valence-corrected chi connectivity index (χ4v) is 10.3. The predicted octanol–water partition coefficient (Wildman–Crippen LogP) is 14.9. The van der Waals surface area contributed by atoms with Crippen molar-refractivity contribution in [1.29, 1.82) is 0 Å². The van der Waals surface area contributed by atoms with E-state index < -0.39 is 52.0 Å². The molecule has 0 amide bonds. The molecular formula is C76H122O20. The van der Waals surface area contributed by atoms with Crippen LogP contribution in [0.2, 0.25) is 0 Å². The first-order chi connectivity index (χ1) is 44.9. The highest BCUT2D eigenvalue weighted by Crippen LogP contribution is 2.55. The molecule has 2 fully saturated rings. The molecule has 3 N–H and O–H groups in total. The highest BCUT2D eigenvalue weighted by molar-refractivity contribution is 5.90. The summed E-state index contributed by atoms with van der Waals surface area (Å²) in [5.41, 5.74) is 4.52. The van der Waals surface area contributed by atoms with Gasteiger partial charge in [-0.15, -0.1) is 0 Å². The third-order valence-corrected chi connectivity index (χ3v) is 19.2. The topological polar surface area (TPSA) is 288 Å². The molecule has 0 heterocycles. The van der Waals surface area contributed by atoms with Crippen molar-refractivity contribution >= 4 is 53.7 Å². The minimum Gasteiger partial charge on any atom is -0.481 e. The number of aliphatic carboxylic acids is 2. The van der Waals surface area contributed by atoms with Gasteiger partial charge in [-0.05, 0) is 167 Å². The van der Waals surface area contributed by atoms with Gasteiger partial charge in [0, 0.05) is 7.11 Å². The number of hydrogen-bond donors (Lipinski definition) is 3. The van der Waals surface area contributed by atoms with E-state index in [-0.39, 0.29) is 48.8 Å². The van der Waals surface area contributed by atoms with E-state index in [1.165, 1.54) is 98.7 Å². The Balaban J connectivity index is -0.00000103. The SMILES string of the molecule is CCC(C)(CC(=O)O)C(=O)OC.CCC(C)(CO)C(=O)OC.CCC(C)(COC)C(=O)OC.CCC(C)c1ccc(C(=O)OC)cc1.CCC(C)c1cccc(C(=O)OC)c1.CCC(C)c1ccccc1C.COC(=O)C(C)C(C)C(=O)O.COC(=O)C1CC2CC1C(C)C2C. The number of aliphatic hydroxyl groups is 1. The number of methoxy groups -OCH3 is 8. The van der Waals surface area contributed by atoms with Crippen LogP contribution in [0.4, 0.5) is 0 Å². The summed E-state index contributed by atoms with van der Waals surface area (Å²) in [6.07, 6.45) is 7.34. The van der Waals surface area contributed by atoms with E-state index in [1.807, 2.05) is 63.2 Å². The fourth-order valence-electron chi connectivity index (χ4n) is 10.3. The molecule has 20 nitrogen and oxygen atoms in total. The number of benzene rings is 3. The molecule has 13 atom stereocenters. The van der Waals surface area contributed by atoms with E-state index in [1.54, 1.807) is 33.9 Å². The van der Waals surface area contributed by atoms with E-state index in [9.17, 15) is 43.2 Å². The monoisotopic (exact) mass is 1350 g/mol. The van der Waals surface area contributed by atoms with Crippen LogP contribution in [-0.4, -0.2) is 139 Å². The normalized spacial score (nSPS) is 18.6. The van der Waals surface area contributed by atoms with Gasteiger partial charge in [-0.25, -0.2) is 9.59 Å². The van der Waals surface area contributed by atoms with Crippen molar-refractivity contribution in [2.24, 2.45) is 57.7 Å². The molecule has 2 saturated carbocycles. The molecule has 546 valence electrons. The quantitative estimate of drug-likeness (QED) is 0.0587. The van der Waals surface area contributed by atoms with Crippen LogP contribution in [0, 0.1) is 64.6 Å². The van der Waals surface area contributed by atoms with Crippen LogP contribution in [0.3, 0.4) is 0 Å². The maximum atomic E-state index is 11.4. The molecule has 0 saturated heterocycles. The van der Waals surface area contributed by atoms with Gasteiger partial charge in [-0.2, -0.15) is 0 Å². The van der Waals surface area contributed by atoms with Gasteiger partial charge in [0.05, 0.1) is 115 Å². The van der Waals surface area contributed by atoms with Gasteiger partial charge >= 0.3 is 53.7 Å².